The lowest BCUT2D eigenvalue weighted by Gasteiger charge is -2.14. The van der Waals surface area contributed by atoms with E-state index in [0.717, 1.165) is 5.39 Å². The molecule has 0 bridgehead atoms. The van der Waals surface area contributed by atoms with Crippen LogP contribution in [-0.4, -0.2) is 21.1 Å². The Labute approximate surface area is 136 Å². The second kappa shape index (κ2) is 5.24. The molecular weight excluding hydrogens is 308 g/mol. The quantitative estimate of drug-likeness (QED) is 0.629. The number of rotatable bonds is 2. The molecule has 1 atom stereocenters. The lowest BCUT2D eigenvalue weighted by atomic mass is 10.0. The molecule has 1 aliphatic carbocycles. The zero-order valence-electron chi connectivity index (χ0n) is 12.4. The molecule has 118 valence electrons. The maximum atomic E-state index is 12.7. The van der Waals surface area contributed by atoms with Gasteiger partial charge in [-0.05, 0) is 12.1 Å². The van der Waals surface area contributed by atoms with Gasteiger partial charge in [-0.15, -0.1) is 0 Å². The zero-order valence-corrected chi connectivity index (χ0v) is 12.4. The van der Waals surface area contributed by atoms with Gasteiger partial charge in [0.2, 0.25) is 5.78 Å². The minimum absolute atomic E-state index is 0.00691. The van der Waals surface area contributed by atoms with Crippen molar-refractivity contribution < 1.29 is 20.3 Å². The van der Waals surface area contributed by atoms with Crippen molar-refractivity contribution in [3.8, 4) is 0 Å². The van der Waals surface area contributed by atoms with Gasteiger partial charge in [-0.3, -0.25) is 4.79 Å². The number of carbonyl (C=O) groups is 1. The van der Waals surface area contributed by atoms with Crippen LogP contribution in [0.1, 0.15) is 21.6 Å². The number of ketones is 1. The van der Waals surface area contributed by atoms with Gasteiger partial charge in [0.05, 0.1) is 22.3 Å². The first kappa shape index (κ1) is 14.5. The first-order valence-corrected chi connectivity index (χ1v) is 7.28. The van der Waals surface area contributed by atoms with Crippen LogP contribution < -0.4 is 5.23 Å². The number of aromatic nitrogens is 1. The van der Waals surface area contributed by atoms with E-state index in [9.17, 15) is 20.3 Å². The van der Waals surface area contributed by atoms with Crippen LogP contribution in [0, 0.1) is 5.21 Å². The molecular formula is C18H12N2O4. The SMILES string of the molecule is O=C1C(c2ccc3ccccc3n2)=C(O)c2cccc([NH+]([O-])O)c21. The van der Waals surface area contributed by atoms with E-state index in [-0.39, 0.29) is 28.1 Å². The third-order valence-corrected chi connectivity index (χ3v) is 4.10. The number of fused-ring (bicyclic) bond motifs is 2. The molecule has 1 heterocycles. The van der Waals surface area contributed by atoms with E-state index in [4.69, 9.17) is 0 Å². The van der Waals surface area contributed by atoms with E-state index in [1.54, 1.807) is 6.07 Å². The van der Waals surface area contributed by atoms with Crippen molar-refractivity contribution in [1.29, 1.82) is 0 Å². The Balaban J connectivity index is 1.91. The Morgan fingerprint density at radius 3 is 2.58 bits per heavy atom. The third-order valence-electron chi connectivity index (χ3n) is 4.10. The zero-order chi connectivity index (χ0) is 16.8. The lowest BCUT2D eigenvalue weighted by Crippen LogP contribution is -2.99. The lowest BCUT2D eigenvalue weighted by molar-refractivity contribution is -0.991. The summed E-state index contributed by atoms with van der Waals surface area (Å²) >= 11 is 0. The number of benzene rings is 2. The average Bonchev–Trinajstić information content (AvgIpc) is 2.85. The van der Waals surface area contributed by atoms with Crippen LogP contribution in [-0.2, 0) is 0 Å². The number of nitrogens with zero attached hydrogens (tertiary/aromatic N) is 1. The Kier molecular flexibility index (Phi) is 3.17. The fourth-order valence-corrected chi connectivity index (χ4v) is 2.98. The number of quaternary nitrogens is 1. The molecule has 6 nitrogen and oxygen atoms in total. The monoisotopic (exact) mass is 320 g/mol. The van der Waals surface area contributed by atoms with Gasteiger partial charge in [0, 0.05) is 17.0 Å². The Morgan fingerprint density at radius 1 is 1.00 bits per heavy atom. The van der Waals surface area contributed by atoms with Crippen molar-refractivity contribution in [2.75, 3.05) is 0 Å². The number of para-hydroxylation sites is 1. The van der Waals surface area contributed by atoms with Gasteiger partial charge >= 0.3 is 0 Å². The van der Waals surface area contributed by atoms with Gasteiger partial charge in [0.25, 0.3) is 0 Å². The molecule has 1 unspecified atom stereocenters. The highest BCUT2D eigenvalue weighted by Gasteiger charge is 2.35. The Morgan fingerprint density at radius 2 is 1.79 bits per heavy atom. The van der Waals surface area contributed by atoms with Crippen LogP contribution in [0.4, 0.5) is 5.69 Å². The van der Waals surface area contributed by atoms with Crippen molar-refractivity contribution in [1.82, 2.24) is 4.98 Å². The Bertz CT molecular complexity index is 1020. The predicted octanol–water partition coefficient (Wildman–Crippen LogP) is 2.26. The summed E-state index contributed by atoms with van der Waals surface area (Å²) in [6.45, 7) is 0. The molecule has 0 saturated carbocycles. The van der Waals surface area contributed by atoms with Crippen LogP contribution in [0.2, 0.25) is 0 Å². The summed E-state index contributed by atoms with van der Waals surface area (Å²) in [5, 5.41) is 30.8. The molecule has 1 aromatic heterocycles. The largest absolute Gasteiger partial charge is 0.595 e. The fourth-order valence-electron chi connectivity index (χ4n) is 2.98. The van der Waals surface area contributed by atoms with E-state index in [1.165, 1.54) is 18.2 Å². The Hall–Kier alpha value is -3.06. The van der Waals surface area contributed by atoms with Crippen LogP contribution in [0.15, 0.2) is 54.6 Å². The maximum Gasteiger partial charge on any atom is 0.205 e. The minimum atomic E-state index is -1.21. The number of allylic oxidation sites excluding steroid dienone is 1. The van der Waals surface area contributed by atoms with E-state index >= 15 is 0 Å². The fraction of sp³-hybridized carbons (Fsp3) is 0. The molecule has 6 heteroatoms. The van der Waals surface area contributed by atoms with Gasteiger partial charge in [0.1, 0.15) is 5.76 Å². The van der Waals surface area contributed by atoms with Crippen molar-refractivity contribution in [3.05, 3.63) is 76.6 Å². The number of carbonyl (C=O) groups excluding carboxylic acids is 1. The summed E-state index contributed by atoms with van der Waals surface area (Å²) in [6.07, 6.45) is 0. The van der Waals surface area contributed by atoms with Crippen molar-refractivity contribution in [2.45, 2.75) is 0 Å². The first-order valence-electron chi connectivity index (χ1n) is 7.28. The number of Topliss-reactive ketones (excluding diaryl/α,β-unsaturated/α-hetero) is 1. The van der Waals surface area contributed by atoms with Gasteiger partial charge in [-0.2, -0.15) is 5.23 Å². The first-order chi connectivity index (χ1) is 11.6. The molecule has 0 fully saturated rings. The summed E-state index contributed by atoms with van der Waals surface area (Å²) in [7, 11) is 0. The van der Waals surface area contributed by atoms with Gasteiger partial charge < -0.3 is 10.3 Å². The predicted molar refractivity (Wildman–Crippen MR) is 87.7 cm³/mol. The highest BCUT2D eigenvalue weighted by atomic mass is 16.8. The standard InChI is InChI=1S/C18H12N2O4/c21-17-11-5-3-7-14(20(23)24)15(11)18(22)16(17)13-9-8-10-4-1-2-6-12(10)19-13/h1-9,20-21,23H. The summed E-state index contributed by atoms with van der Waals surface area (Å²) in [6, 6.07) is 15.3. The van der Waals surface area contributed by atoms with Crippen LogP contribution in [0.3, 0.4) is 0 Å². The van der Waals surface area contributed by atoms with Gasteiger partial charge in [-0.25, -0.2) is 10.2 Å². The van der Waals surface area contributed by atoms with Crippen molar-refractivity contribution in [3.63, 3.8) is 0 Å². The molecule has 3 aromatic rings. The molecule has 0 radical (unpaired) electrons. The smallest absolute Gasteiger partial charge is 0.205 e. The van der Waals surface area contributed by atoms with Gasteiger partial charge in [0.15, 0.2) is 5.69 Å². The number of aliphatic hydroxyl groups excluding tert-OH is 1. The van der Waals surface area contributed by atoms with Crippen LogP contribution in [0.5, 0.6) is 0 Å². The molecule has 0 amide bonds. The second-order valence-electron chi connectivity index (χ2n) is 5.48. The number of hydrogen-bond donors (Lipinski definition) is 3. The van der Waals surface area contributed by atoms with E-state index in [2.05, 4.69) is 4.98 Å². The highest BCUT2D eigenvalue weighted by molar-refractivity contribution is 6.39. The van der Waals surface area contributed by atoms with Crippen LogP contribution in [0.25, 0.3) is 22.2 Å². The molecule has 0 saturated heterocycles. The minimum Gasteiger partial charge on any atom is -0.595 e. The van der Waals surface area contributed by atoms with Gasteiger partial charge in [-0.1, -0.05) is 36.4 Å². The normalized spacial score (nSPS) is 15.0. The number of nitrogens with one attached hydrogen (secondary N) is 1. The summed E-state index contributed by atoms with van der Waals surface area (Å²) in [4.78, 5) is 17.2. The van der Waals surface area contributed by atoms with E-state index in [1.807, 2.05) is 30.3 Å². The summed E-state index contributed by atoms with van der Waals surface area (Å²) < 4.78 is 0. The summed E-state index contributed by atoms with van der Waals surface area (Å²) in [5.74, 6) is -0.760. The topological polar surface area (TPSA) is 97.9 Å². The van der Waals surface area contributed by atoms with Crippen molar-refractivity contribution in [2.24, 2.45) is 0 Å². The second-order valence-corrected chi connectivity index (χ2v) is 5.48. The van der Waals surface area contributed by atoms with E-state index in [0.29, 0.717) is 11.2 Å². The third kappa shape index (κ3) is 2.02. The van der Waals surface area contributed by atoms with E-state index < -0.39 is 11.0 Å². The molecule has 2 aromatic carbocycles. The average molecular weight is 320 g/mol. The summed E-state index contributed by atoms with van der Waals surface area (Å²) in [5.41, 5.74) is 1.16. The molecule has 0 spiro atoms. The molecule has 24 heavy (non-hydrogen) atoms. The van der Waals surface area contributed by atoms with Crippen molar-refractivity contribution >= 4 is 33.7 Å². The highest BCUT2D eigenvalue weighted by Crippen LogP contribution is 2.38. The van der Waals surface area contributed by atoms with Crippen LogP contribution >= 0.6 is 0 Å². The number of hydrogen-bond acceptors (Lipinski definition) is 5. The molecule has 1 aliphatic rings. The maximum absolute atomic E-state index is 12.7. The number of pyridine rings is 1. The molecule has 0 aliphatic heterocycles. The molecule has 3 N–H and O–H groups in total. The number of aliphatic hydroxyl groups is 1. The molecule has 4 rings (SSSR count).